The highest BCUT2D eigenvalue weighted by Crippen LogP contribution is 2.11. The third-order valence-electron chi connectivity index (χ3n) is 2.18. The molecule has 1 rings (SSSR count). The standard InChI is InChI=1S/C14H18FNO/c1-4-10-17-11(3)14(16-5-2)12-6-8-13(15)9-7-12/h6-9H,3-5,10H2,1-2H3. The molecule has 2 nitrogen and oxygen atoms in total. The molecule has 0 radical (unpaired) electrons. The average molecular weight is 235 g/mol. The molecule has 0 saturated carbocycles. The summed E-state index contributed by atoms with van der Waals surface area (Å²) in [5.41, 5.74) is 1.52. The Morgan fingerprint density at radius 1 is 1.29 bits per heavy atom. The summed E-state index contributed by atoms with van der Waals surface area (Å²) in [4.78, 5) is 4.35. The summed E-state index contributed by atoms with van der Waals surface area (Å²) < 4.78 is 18.3. The molecule has 1 aromatic carbocycles. The molecule has 1 aromatic rings. The molecule has 0 amide bonds. The van der Waals surface area contributed by atoms with Crippen LogP contribution in [0.25, 0.3) is 0 Å². The Balaban J connectivity index is 2.90. The minimum absolute atomic E-state index is 0.260. The third kappa shape index (κ3) is 4.02. The largest absolute Gasteiger partial charge is 0.492 e. The van der Waals surface area contributed by atoms with Gasteiger partial charge in [-0.15, -0.1) is 0 Å². The van der Waals surface area contributed by atoms with Crippen molar-refractivity contribution in [2.75, 3.05) is 13.2 Å². The van der Waals surface area contributed by atoms with Crippen molar-refractivity contribution in [2.45, 2.75) is 20.3 Å². The van der Waals surface area contributed by atoms with Gasteiger partial charge in [0.05, 0.1) is 6.61 Å². The lowest BCUT2D eigenvalue weighted by Crippen LogP contribution is -2.09. The van der Waals surface area contributed by atoms with Gasteiger partial charge >= 0.3 is 0 Å². The molecule has 0 aromatic heterocycles. The van der Waals surface area contributed by atoms with Gasteiger partial charge in [-0.25, -0.2) is 4.39 Å². The maximum atomic E-state index is 12.8. The molecule has 0 aliphatic carbocycles. The van der Waals surface area contributed by atoms with Crippen LogP contribution in [0.4, 0.5) is 4.39 Å². The Morgan fingerprint density at radius 2 is 1.94 bits per heavy atom. The summed E-state index contributed by atoms with van der Waals surface area (Å²) in [6, 6.07) is 6.19. The van der Waals surface area contributed by atoms with Gasteiger partial charge in [0.2, 0.25) is 0 Å². The van der Waals surface area contributed by atoms with Gasteiger partial charge in [0.25, 0.3) is 0 Å². The minimum Gasteiger partial charge on any atom is -0.492 e. The fraction of sp³-hybridized carbons (Fsp3) is 0.357. The zero-order chi connectivity index (χ0) is 12.7. The van der Waals surface area contributed by atoms with Crippen LogP contribution in [-0.4, -0.2) is 18.9 Å². The van der Waals surface area contributed by atoms with E-state index in [1.54, 1.807) is 12.1 Å². The minimum atomic E-state index is -0.260. The van der Waals surface area contributed by atoms with Gasteiger partial charge in [-0.3, -0.25) is 4.99 Å². The van der Waals surface area contributed by atoms with Crippen molar-refractivity contribution < 1.29 is 9.13 Å². The van der Waals surface area contributed by atoms with Crippen molar-refractivity contribution >= 4 is 5.71 Å². The molecule has 0 N–H and O–H groups in total. The number of hydrogen-bond donors (Lipinski definition) is 0. The Bertz CT molecular complexity index is 395. The van der Waals surface area contributed by atoms with E-state index in [-0.39, 0.29) is 5.82 Å². The van der Waals surface area contributed by atoms with E-state index >= 15 is 0 Å². The second-order valence-electron chi connectivity index (χ2n) is 3.60. The molecule has 0 atom stereocenters. The number of benzene rings is 1. The zero-order valence-electron chi connectivity index (χ0n) is 10.4. The number of halogens is 1. The number of ether oxygens (including phenoxy) is 1. The highest BCUT2D eigenvalue weighted by atomic mass is 19.1. The van der Waals surface area contributed by atoms with Crippen LogP contribution in [0.15, 0.2) is 41.6 Å². The molecule has 0 aliphatic rings. The molecule has 0 heterocycles. The van der Waals surface area contributed by atoms with Crippen molar-refractivity contribution in [3.63, 3.8) is 0 Å². The zero-order valence-corrected chi connectivity index (χ0v) is 10.4. The van der Waals surface area contributed by atoms with Gasteiger partial charge in [0, 0.05) is 12.1 Å². The number of rotatable bonds is 6. The summed E-state index contributed by atoms with van der Waals surface area (Å²) in [7, 11) is 0. The molecule has 0 aliphatic heterocycles. The SMILES string of the molecule is C=C(OCCC)C(=NCC)c1ccc(F)cc1. The molecule has 92 valence electrons. The Morgan fingerprint density at radius 3 is 2.47 bits per heavy atom. The van der Waals surface area contributed by atoms with E-state index in [4.69, 9.17) is 4.74 Å². The first-order chi connectivity index (χ1) is 8.19. The molecule has 0 spiro atoms. The quantitative estimate of drug-likeness (QED) is 0.545. The van der Waals surface area contributed by atoms with E-state index in [1.165, 1.54) is 12.1 Å². The Kier molecular flexibility index (Phi) is 5.40. The Labute approximate surface area is 102 Å². The monoisotopic (exact) mass is 235 g/mol. The van der Waals surface area contributed by atoms with Crippen LogP contribution in [0.1, 0.15) is 25.8 Å². The van der Waals surface area contributed by atoms with Crippen LogP contribution >= 0.6 is 0 Å². The van der Waals surface area contributed by atoms with Gasteiger partial charge < -0.3 is 4.74 Å². The molecule has 17 heavy (non-hydrogen) atoms. The number of hydrogen-bond acceptors (Lipinski definition) is 2. The first-order valence-electron chi connectivity index (χ1n) is 5.81. The van der Waals surface area contributed by atoms with Crippen LogP contribution in [0.5, 0.6) is 0 Å². The van der Waals surface area contributed by atoms with Crippen molar-refractivity contribution in [1.82, 2.24) is 0 Å². The predicted octanol–water partition coefficient (Wildman–Crippen LogP) is 3.58. The molecule has 0 bridgehead atoms. The Hall–Kier alpha value is -1.64. The van der Waals surface area contributed by atoms with Crippen molar-refractivity contribution in [3.8, 4) is 0 Å². The topological polar surface area (TPSA) is 21.6 Å². The number of aliphatic imine (C=N–C) groups is 1. The van der Waals surface area contributed by atoms with E-state index in [9.17, 15) is 4.39 Å². The molecule has 0 fully saturated rings. The van der Waals surface area contributed by atoms with Gasteiger partial charge in [0.1, 0.15) is 17.3 Å². The fourth-order valence-corrected chi connectivity index (χ4v) is 1.40. The summed E-state index contributed by atoms with van der Waals surface area (Å²) in [6.07, 6.45) is 0.918. The van der Waals surface area contributed by atoms with Crippen LogP contribution in [0.2, 0.25) is 0 Å². The van der Waals surface area contributed by atoms with Gasteiger partial charge in [0.15, 0.2) is 0 Å². The second kappa shape index (κ2) is 6.84. The molecule has 0 unspecified atom stereocenters. The summed E-state index contributed by atoms with van der Waals surface area (Å²) in [5.74, 6) is 0.282. The van der Waals surface area contributed by atoms with E-state index < -0.39 is 0 Å². The molecular weight excluding hydrogens is 217 g/mol. The third-order valence-corrected chi connectivity index (χ3v) is 2.18. The van der Waals surface area contributed by atoms with Gasteiger partial charge in [-0.1, -0.05) is 13.5 Å². The van der Waals surface area contributed by atoms with Crippen LogP contribution in [-0.2, 0) is 4.74 Å². The van der Waals surface area contributed by atoms with Gasteiger partial charge in [-0.05, 0) is 37.6 Å². The fourth-order valence-electron chi connectivity index (χ4n) is 1.40. The summed E-state index contributed by atoms with van der Waals surface area (Å²) >= 11 is 0. The van der Waals surface area contributed by atoms with Crippen molar-refractivity contribution in [3.05, 3.63) is 48.0 Å². The molecular formula is C14H18FNO. The second-order valence-corrected chi connectivity index (χ2v) is 3.60. The maximum Gasteiger partial charge on any atom is 0.137 e. The number of allylic oxidation sites excluding steroid dienone is 1. The smallest absolute Gasteiger partial charge is 0.137 e. The van der Waals surface area contributed by atoms with Crippen LogP contribution < -0.4 is 0 Å². The lowest BCUT2D eigenvalue weighted by atomic mass is 10.1. The van der Waals surface area contributed by atoms with Crippen LogP contribution in [0.3, 0.4) is 0 Å². The summed E-state index contributed by atoms with van der Waals surface area (Å²) in [6.45, 7) is 9.09. The normalized spacial score (nSPS) is 11.4. The first kappa shape index (κ1) is 13.4. The van der Waals surface area contributed by atoms with Crippen molar-refractivity contribution in [1.29, 1.82) is 0 Å². The van der Waals surface area contributed by atoms with Crippen molar-refractivity contribution in [2.24, 2.45) is 4.99 Å². The highest BCUT2D eigenvalue weighted by Gasteiger charge is 2.08. The van der Waals surface area contributed by atoms with Gasteiger partial charge in [-0.2, -0.15) is 0 Å². The molecule has 3 heteroatoms. The summed E-state index contributed by atoms with van der Waals surface area (Å²) in [5, 5.41) is 0. The lowest BCUT2D eigenvalue weighted by molar-refractivity contribution is 0.233. The van der Waals surface area contributed by atoms with E-state index in [2.05, 4.69) is 11.6 Å². The van der Waals surface area contributed by atoms with E-state index in [0.717, 1.165) is 12.0 Å². The predicted molar refractivity (Wildman–Crippen MR) is 68.9 cm³/mol. The lowest BCUT2D eigenvalue weighted by Gasteiger charge is -2.11. The van der Waals surface area contributed by atoms with E-state index in [0.29, 0.717) is 24.6 Å². The molecule has 0 saturated heterocycles. The first-order valence-corrected chi connectivity index (χ1v) is 5.81. The van der Waals surface area contributed by atoms with Crippen LogP contribution in [0, 0.1) is 5.82 Å². The average Bonchev–Trinajstić information content (AvgIpc) is 2.34. The number of nitrogens with zero attached hydrogens (tertiary/aromatic N) is 1. The maximum absolute atomic E-state index is 12.8. The highest BCUT2D eigenvalue weighted by molar-refractivity contribution is 6.11. The van der Waals surface area contributed by atoms with E-state index in [1.807, 2.05) is 13.8 Å².